The van der Waals surface area contributed by atoms with E-state index in [-0.39, 0.29) is 5.97 Å². The van der Waals surface area contributed by atoms with Gasteiger partial charge in [-0.1, -0.05) is 0 Å². The lowest BCUT2D eigenvalue weighted by atomic mass is 10.2. The van der Waals surface area contributed by atoms with Crippen LogP contribution in [0.3, 0.4) is 0 Å². The van der Waals surface area contributed by atoms with E-state index < -0.39 is 7.25 Å². The molecule has 0 aliphatic heterocycles. The Kier molecular flexibility index (Phi) is 9.76. The molecule has 154 valence electrons. The van der Waals surface area contributed by atoms with Crippen LogP contribution in [0.1, 0.15) is 23.2 Å². The minimum atomic E-state index is -6.00. The van der Waals surface area contributed by atoms with Gasteiger partial charge in [-0.2, -0.15) is 0 Å². The van der Waals surface area contributed by atoms with E-state index in [1.807, 2.05) is 34.9 Å². The number of hydrogen-bond donors (Lipinski definition) is 0. The number of aromatic nitrogens is 2. The number of benzene rings is 1. The van der Waals surface area contributed by atoms with Gasteiger partial charge in [0.25, 0.3) is 0 Å². The van der Waals surface area contributed by atoms with Crippen molar-refractivity contribution in [2.75, 3.05) is 13.2 Å². The number of ether oxygens (including phenoxy) is 2. The van der Waals surface area contributed by atoms with E-state index in [9.17, 15) is 26.9 Å². The Morgan fingerprint density at radius 3 is 2.36 bits per heavy atom. The minimum Gasteiger partial charge on any atom is -0.494 e. The van der Waals surface area contributed by atoms with Crippen LogP contribution in [0.2, 0.25) is 0 Å². The summed E-state index contributed by atoms with van der Waals surface area (Å²) in [4.78, 5) is 22.1. The summed E-state index contributed by atoms with van der Waals surface area (Å²) < 4.78 is 53.6. The number of aryl methyl sites for hydroxylation is 1. The maximum atomic E-state index is 11.6. The van der Waals surface area contributed by atoms with Gasteiger partial charge < -0.3 is 26.7 Å². The van der Waals surface area contributed by atoms with Crippen molar-refractivity contribution in [1.82, 2.24) is 4.57 Å². The molecule has 0 unspecified atom stereocenters. The fraction of sp³-hybridized carbons (Fsp3) is 0.353. The Balaban J connectivity index is 0.000000696. The fourth-order valence-electron chi connectivity index (χ4n) is 2.02. The van der Waals surface area contributed by atoms with Crippen molar-refractivity contribution in [3.8, 4) is 5.75 Å². The summed E-state index contributed by atoms with van der Waals surface area (Å²) in [7, 11) is -4.06. The van der Waals surface area contributed by atoms with Crippen molar-refractivity contribution in [3.05, 3.63) is 48.5 Å². The van der Waals surface area contributed by atoms with Crippen LogP contribution >= 0.6 is 0 Å². The summed E-state index contributed by atoms with van der Waals surface area (Å²) in [6, 6.07) is 6.86. The summed E-state index contributed by atoms with van der Waals surface area (Å²) in [5.74, 6) is 0.464. The largest absolute Gasteiger partial charge is 0.673 e. The molecule has 1 heterocycles. The third-order valence-electron chi connectivity index (χ3n) is 3.25. The van der Waals surface area contributed by atoms with Crippen LogP contribution in [0, 0.1) is 0 Å². The molecule has 0 saturated heterocycles. The topological polar surface area (TPSA) is 61.4 Å². The quantitative estimate of drug-likeness (QED) is 0.161. The molecule has 0 N–H and O–H groups in total. The van der Waals surface area contributed by atoms with E-state index in [4.69, 9.17) is 9.47 Å². The average Bonchev–Trinajstić information content (AvgIpc) is 3.03. The lowest BCUT2D eigenvalue weighted by molar-refractivity contribution is -0.671. The van der Waals surface area contributed by atoms with Crippen molar-refractivity contribution < 1.29 is 40.9 Å². The predicted octanol–water partition coefficient (Wildman–Crippen LogP) is 2.83. The lowest BCUT2D eigenvalue weighted by Gasteiger charge is -2.06. The van der Waals surface area contributed by atoms with Gasteiger partial charge in [0.05, 0.1) is 13.7 Å². The van der Waals surface area contributed by atoms with E-state index in [0.717, 1.165) is 6.29 Å². The van der Waals surface area contributed by atoms with Crippen molar-refractivity contribution in [2.24, 2.45) is 7.05 Å². The number of carbonyl (C=O) groups is 2. The molecule has 0 saturated carbocycles. The molecule has 0 fully saturated rings. The summed E-state index contributed by atoms with van der Waals surface area (Å²) in [6.07, 6.45) is 7.49. The number of aldehydes is 1. The third kappa shape index (κ3) is 11.7. The molecule has 6 nitrogen and oxygen atoms in total. The van der Waals surface area contributed by atoms with Crippen molar-refractivity contribution in [2.45, 2.75) is 19.4 Å². The first-order valence-corrected chi connectivity index (χ1v) is 8.39. The van der Waals surface area contributed by atoms with Crippen LogP contribution in [-0.4, -0.2) is 37.3 Å². The molecule has 1 aromatic carbocycles. The molecule has 0 amide bonds. The van der Waals surface area contributed by atoms with Gasteiger partial charge >= 0.3 is 13.2 Å². The molecule has 2 aromatic rings. The van der Waals surface area contributed by atoms with Crippen LogP contribution in [0.4, 0.5) is 17.3 Å². The maximum Gasteiger partial charge on any atom is 0.673 e. The Morgan fingerprint density at radius 1 is 1.18 bits per heavy atom. The molecule has 28 heavy (non-hydrogen) atoms. The molecular formula is C17H21BF4N2O4. The van der Waals surface area contributed by atoms with Crippen molar-refractivity contribution >= 4 is 19.5 Å². The highest BCUT2D eigenvalue weighted by molar-refractivity contribution is 6.50. The Hall–Kier alpha value is -2.85. The summed E-state index contributed by atoms with van der Waals surface area (Å²) in [5, 5.41) is 0. The first-order valence-electron chi connectivity index (χ1n) is 8.39. The Morgan fingerprint density at radius 2 is 1.82 bits per heavy atom. The highest BCUT2D eigenvalue weighted by Gasteiger charge is 2.20. The second-order valence-electron chi connectivity index (χ2n) is 5.67. The first kappa shape index (κ1) is 23.2. The maximum absolute atomic E-state index is 11.6. The van der Waals surface area contributed by atoms with Gasteiger partial charge in [0.1, 0.15) is 37.6 Å². The van der Waals surface area contributed by atoms with Crippen LogP contribution in [0.5, 0.6) is 5.75 Å². The van der Waals surface area contributed by atoms with E-state index in [1.54, 1.807) is 24.3 Å². The number of esters is 1. The van der Waals surface area contributed by atoms with Gasteiger partial charge in [0.15, 0.2) is 0 Å². The predicted molar refractivity (Wildman–Crippen MR) is 93.3 cm³/mol. The Labute approximate surface area is 159 Å². The lowest BCUT2D eigenvalue weighted by Crippen LogP contribution is -2.24. The fourth-order valence-corrected chi connectivity index (χ4v) is 2.02. The number of carbonyl (C=O) groups excluding carboxylic acids is 2. The molecule has 2 rings (SSSR count). The van der Waals surface area contributed by atoms with Crippen molar-refractivity contribution in [3.63, 3.8) is 0 Å². The van der Waals surface area contributed by atoms with Gasteiger partial charge in [-0.05, 0) is 30.7 Å². The van der Waals surface area contributed by atoms with E-state index >= 15 is 0 Å². The SMILES string of the molecule is C[n+]1ccn(CCOC(=O)CCCOc2ccc(C=O)cc2)c1.F[B-](F)(F)F. The van der Waals surface area contributed by atoms with Crippen molar-refractivity contribution in [1.29, 1.82) is 0 Å². The zero-order valence-electron chi connectivity index (χ0n) is 15.3. The van der Waals surface area contributed by atoms with Gasteiger partial charge in [-0.25, -0.2) is 9.13 Å². The summed E-state index contributed by atoms with van der Waals surface area (Å²) in [5.41, 5.74) is 0.609. The molecule has 0 aliphatic rings. The normalized spacial score (nSPS) is 10.6. The number of imidazole rings is 1. The van der Waals surface area contributed by atoms with E-state index in [1.165, 1.54) is 0 Å². The van der Waals surface area contributed by atoms with E-state index in [2.05, 4.69) is 0 Å². The van der Waals surface area contributed by atoms with Gasteiger partial charge in [0, 0.05) is 12.0 Å². The summed E-state index contributed by atoms with van der Waals surface area (Å²) >= 11 is 0. The first-order chi connectivity index (χ1) is 13.2. The van der Waals surface area contributed by atoms with Crippen LogP contribution in [-0.2, 0) is 23.1 Å². The van der Waals surface area contributed by atoms with Crippen LogP contribution in [0.25, 0.3) is 0 Å². The minimum absolute atomic E-state index is 0.221. The second kappa shape index (κ2) is 11.8. The van der Waals surface area contributed by atoms with Gasteiger partial charge in [-0.15, -0.1) is 0 Å². The smallest absolute Gasteiger partial charge is 0.494 e. The molecule has 1 aromatic heterocycles. The van der Waals surface area contributed by atoms with Crippen LogP contribution < -0.4 is 9.30 Å². The average molecular weight is 404 g/mol. The standard InChI is InChI=1S/C17H21N2O4.BF4/c1-18-8-9-19(14-18)10-12-23-17(21)3-2-11-22-16-6-4-15(13-20)5-7-16;2-1(3,4)5/h4-9,13-14H,2-3,10-12H2,1H3;/q+1;-1. The number of hydrogen-bond acceptors (Lipinski definition) is 4. The molecule has 0 radical (unpaired) electrons. The number of rotatable bonds is 9. The molecule has 0 spiro atoms. The highest BCUT2D eigenvalue weighted by Crippen LogP contribution is 2.11. The second-order valence-corrected chi connectivity index (χ2v) is 5.67. The molecule has 0 aliphatic carbocycles. The van der Waals surface area contributed by atoms with Gasteiger partial charge in [-0.3, -0.25) is 9.59 Å². The monoisotopic (exact) mass is 404 g/mol. The number of halogens is 4. The highest BCUT2D eigenvalue weighted by atomic mass is 19.5. The zero-order chi connectivity index (χ0) is 21.0. The number of nitrogens with zero attached hydrogens (tertiary/aromatic N) is 2. The molecular weight excluding hydrogens is 383 g/mol. The van der Waals surface area contributed by atoms with E-state index in [0.29, 0.717) is 43.9 Å². The third-order valence-corrected chi connectivity index (χ3v) is 3.25. The van der Waals surface area contributed by atoms with Gasteiger partial charge in [0.2, 0.25) is 6.33 Å². The zero-order valence-corrected chi connectivity index (χ0v) is 15.3. The molecule has 11 heteroatoms. The summed E-state index contributed by atoms with van der Waals surface area (Å²) in [6.45, 7) is 1.44. The molecule has 0 bridgehead atoms. The molecule has 0 atom stereocenters. The Bertz CT molecular complexity index is 730. The van der Waals surface area contributed by atoms with Crippen LogP contribution in [0.15, 0.2) is 43.0 Å².